The molecule has 98 valence electrons. The molecule has 2 saturated carbocycles. The van der Waals surface area contributed by atoms with Crippen molar-refractivity contribution in [3.8, 4) is 0 Å². The normalized spacial score (nSPS) is 36.1. The number of amides is 1. The molecule has 0 bridgehead atoms. The molecule has 1 amide bonds. The van der Waals surface area contributed by atoms with E-state index in [0.717, 1.165) is 25.8 Å². The van der Waals surface area contributed by atoms with Crippen LogP contribution in [0.5, 0.6) is 0 Å². The van der Waals surface area contributed by atoms with E-state index in [-0.39, 0.29) is 17.2 Å². The van der Waals surface area contributed by atoms with E-state index in [9.17, 15) is 4.79 Å². The van der Waals surface area contributed by atoms with Crippen LogP contribution in [-0.2, 0) is 4.79 Å². The molecule has 0 heterocycles. The van der Waals surface area contributed by atoms with E-state index >= 15 is 0 Å². The van der Waals surface area contributed by atoms with Crippen molar-refractivity contribution in [1.29, 1.82) is 0 Å². The average Bonchev–Trinajstić information content (AvgIpc) is 2.21. The van der Waals surface area contributed by atoms with Crippen LogP contribution in [0, 0.1) is 17.3 Å². The first-order valence-corrected chi connectivity index (χ1v) is 7.02. The van der Waals surface area contributed by atoms with Gasteiger partial charge in [-0.05, 0) is 37.0 Å². The lowest BCUT2D eigenvalue weighted by Gasteiger charge is -2.38. The summed E-state index contributed by atoms with van der Waals surface area (Å²) in [6.45, 7) is 5.30. The third-order valence-corrected chi connectivity index (χ3v) is 4.66. The number of carbonyl (C=O) groups is 1. The summed E-state index contributed by atoms with van der Waals surface area (Å²) in [6.07, 6.45) is 6.87. The molecule has 1 unspecified atom stereocenters. The highest BCUT2D eigenvalue weighted by atomic mass is 16.1. The van der Waals surface area contributed by atoms with Crippen LogP contribution in [-0.4, -0.2) is 18.5 Å². The third-order valence-electron chi connectivity index (χ3n) is 4.66. The number of hydrogen-bond donors (Lipinski definition) is 2. The summed E-state index contributed by atoms with van der Waals surface area (Å²) in [6, 6.07) is 0.378. The van der Waals surface area contributed by atoms with Crippen LogP contribution in [0.4, 0.5) is 0 Å². The molecule has 0 aliphatic heterocycles. The number of nitrogens with one attached hydrogen (secondary N) is 1. The van der Waals surface area contributed by atoms with Gasteiger partial charge in [-0.15, -0.1) is 0 Å². The van der Waals surface area contributed by atoms with Crippen molar-refractivity contribution in [1.82, 2.24) is 5.32 Å². The number of carbonyl (C=O) groups excluding carboxylic acids is 1. The molecule has 0 radical (unpaired) electrons. The summed E-state index contributed by atoms with van der Waals surface area (Å²) < 4.78 is 0. The molecule has 2 aliphatic rings. The molecule has 2 rings (SSSR count). The smallest absolute Gasteiger partial charge is 0.223 e. The Kier molecular flexibility index (Phi) is 3.76. The van der Waals surface area contributed by atoms with Crippen molar-refractivity contribution in [2.24, 2.45) is 23.0 Å². The maximum Gasteiger partial charge on any atom is 0.223 e. The van der Waals surface area contributed by atoms with Crippen LogP contribution in [0.3, 0.4) is 0 Å². The summed E-state index contributed by atoms with van der Waals surface area (Å²) in [5, 5.41) is 3.14. The van der Waals surface area contributed by atoms with Crippen molar-refractivity contribution in [2.45, 2.75) is 58.4 Å². The first kappa shape index (κ1) is 12.9. The van der Waals surface area contributed by atoms with Crippen molar-refractivity contribution in [3.63, 3.8) is 0 Å². The molecule has 3 nitrogen and oxygen atoms in total. The van der Waals surface area contributed by atoms with E-state index in [1.807, 2.05) is 0 Å². The fraction of sp³-hybridized carbons (Fsp3) is 0.929. The molecule has 0 spiro atoms. The minimum absolute atomic E-state index is 0.179. The van der Waals surface area contributed by atoms with Gasteiger partial charge in [-0.2, -0.15) is 0 Å². The summed E-state index contributed by atoms with van der Waals surface area (Å²) in [7, 11) is 0. The van der Waals surface area contributed by atoms with Gasteiger partial charge in [0.1, 0.15) is 0 Å². The maximum absolute atomic E-state index is 12.2. The standard InChI is InChI=1S/C14H26N2O/c1-14(2)6-4-3-5-12(14)13(17)16-9-10-7-11(15)8-10/h10-12H,3-9,15H2,1-2H3,(H,16,17). The fourth-order valence-electron chi connectivity index (χ4n) is 3.30. The topological polar surface area (TPSA) is 55.1 Å². The van der Waals surface area contributed by atoms with Crippen LogP contribution in [0.2, 0.25) is 0 Å². The van der Waals surface area contributed by atoms with Gasteiger partial charge in [-0.3, -0.25) is 4.79 Å². The Hall–Kier alpha value is -0.570. The SMILES string of the molecule is CC1(C)CCCCC1C(=O)NCC1CC(N)C1. The number of rotatable bonds is 3. The van der Waals surface area contributed by atoms with E-state index in [2.05, 4.69) is 19.2 Å². The second-order valence-electron chi connectivity index (χ2n) is 6.63. The van der Waals surface area contributed by atoms with Crippen molar-refractivity contribution >= 4 is 5.91 Å². The molecule has 0 saturated heterocycles. The highest BCUT2D eigenvalue weighted by Crippen LogP contribution is 2.40. The van der Waals surface area contributed by atoms with Crippen LogP contribution < -0.4 is 11.1 Å². The molecule has 2 fully saturated rings. The van der Waals surface area contributed by atoms with E-state index < -0.39 is 0 Å². The lowest BCUT2D eigenvalue weighted by molar-refractivity contribution is -0.130. The lowest BCUT2D eigenvalue weighted by atomic mass is 9.68. The Morgan fingerprint density at radius 2 is 2.06 bits per heavy atom. The minimum atomic E-state index is 0.179. The minimum Gasteiger partial charge on any atom is -0.356 e. The van der Waals surface area contributed by atoms with Crippen LogP contribution in [0.1, 0.15) is 52.4 Å². The summed E-state index contributed by atoms with van der Waals surface area (Å²) >= 11 is 0. The van der Waals surface area contributed by atoms with Gasteiger partial charge in [0.2, 0.25) is 5.91 Å². The van der Waals surface area contributed by atoms with Gasteiger partial charge in [0.15, 0.2) is 0 Å². The molecule has 2 aliphatic carbocycles. The Bertz CT molecular complexity index is 282. The van der Waals surface area contributed by atoms with Gasteiger partial charge < -0.3 is 11.1 Å². The molecule has 0 aromatic rings. The number of nitrogens with two attached hydrogens (primary N) is 1. The first-order chi connectivity index (χ1) is 7.99. The lowest BCUT2D eigenvalue weighted by Crippen LogP contribution is -2.46. The Morgan fingerprint density at radius 1 is 1.35 bits per heavy atom. The largest absolute Gasteiger partial charge is 0.356 e. The van der Waals surface area contributed by atoms with Crippen LogP contribution in [0.25, 0.3) is 0 Å². The Balaban J connectivity index is 1.78. The zero-order valence-electron chi connectivity index (χ0n) is 11.2. The number of hydrogen-bond acceptors (Lipinski definition) is 2. The highest BCUT2D eigenvalue weighted by Gasteiger charge is 2.37. The van der Waals surface area contributed by atoms with Crippen molar-refractivity contribution in [2.75, 3.05) is 6.54 Å². The van der Waals surface area contributed by atoms with E-state index in [4.69, 9.17) is 5.73 Å². The van der Waals surface area contributed by atoms with E-state index in [1.165, 1.54) is 19.3 Å². The van der Waals surface area contributed by atoms with Crippen LogP contribution >= 0.6 is 0 Å². The Morgan fingerprint density at radius 3 is 2.65 bits per heavy atom. The maximum atomic E-state index is 12.2. The quantitative estimate of drug-likeness (QED) is 0.790. The fourth-order valence-corrected chi connectivity index (χ4v) is 3.30. The first-order valence-electron chi connectivity index (χ1n) is 7.02. The predicted octanol–water partition coefficient (Wildman–Crippen LogP) is 2.06. The van der Waals surface area contributed by atoms with Crippen molar-refractivity contribution in [3.05, 3.63) is 0 Å². The van der Waals surface area contributed by atoms with Gasteiger partial charge in [-0.25, -0.2) is 0 Å². The molecular formula is C14H26N2O. The summed E-state index contributed by atoms with van der Waals surface area (Å²) in [5.41, 5.74) is 5.93. The van der Waals surface area contributed by atoms with Crippen LogP contribution in [0.15, 0.2) is 0 Å². The van der Waals surface area contributed by atoms with Gasteiger partial charge in [0, 0.05) is 18.5 Å². The second kappa shape index (κ2) is 4.97. The summed E-state index contributed by atoms with van der Waals surface area (Å²) in [5.74, 6) is 1.11. The molecule has 0 aromatic heterocycles. The second-order valence-corrected chi connectivity index (χ2v) is 6.63. The molecule has 3 heteroatoms. The molecule has 0 aromatic carbocycles. The molecule has 17 heavy (non-hydrogen) atoms. The van der Waals surface area contributed by atoms with Gasteiger partial charge in [0.05, 0.1) is 0 Å². The zero-order valence-corrected chi connectivity index (χ0v) is 11.2. The highest BCUT2D eigenvalue weighted by molar-refractivity contribution is 5.79. The van der Waals surface area contributed by atoms with Gasteiger partial charge >= 0.3 is 0 Å². The Labute approximate surface area is 105 Å². The average molecular weight is 238 g/mol. The predicted molar refractivity (Wildman–Crippen MR) is 69.4 cm³/mol. The van der Waals surface area contributed by atoms with Crippen molar-refractivity contribution < 1.29 is 4.79 Å². The van der Waals surface area contributed by atoms with E-state index in [1.54, 1.807) is 0 Å². The molecular weight excluding hydrogens is 212 g/mol. The van der Waals surface area contributed by atoms with Gasteiger partial charge in [0.25, 0.3) is 0 Å². The van der Waals surface area contributed by atoms with Gasteiger partial charge in [-0.1, -0.05) is 26.7 Å². The van der Waals surface area contributed by atoms with E-state index in [0.29, 0.717) is 12.0 Å². The zero-order chi connectivity index (χ0) is 12.5. The monoisotopic (exact) mass is 238 g/mol. The summed E-state index contributed by atoms with van der Waals surface area (Å²) in [4.78, 5) is 12.2. The molecule has 3 N–H and O–H groups in total. The molecule has 1 atom stereocenters. The third kappa shape index (κ3) is 3.01.